The molecule has 2 aliphatic rings. The zero-order valence-electron chi connectivity index (χ0n) is 14.1. The van der Waals surface area contributed by atoms with Crippen molar-refractivity contribution in [2.45, 2.75) is 49.6 Å². The van der Waals surface area contributed by atoms with Crippen LogP contribution >= 0.6 is 11.6 Å². The molecule has 0 aliphatic carbocycles. The molecule has 4 N–H and O–H groups in total. The lowest BCUT2D eigenvalue weighted by Crippen LogP contribution is -2.65. The van der Waals surface area contributed by atoms with E-state index in [1.165, 1.54) is 0 Å². The maximum Gasteiger partial charge on any atom is 0.345 e. The topological polar surface area (TPSA) is 152 Å². The Labute approximate surface area is 155 Å². The Morgan fingerprint density at radius 3 is 2.50 bits per heavy atom. The van der Waals surface area contributed by atoms with Crippen molar-refractivity contribution in [1.82, 2.24) is 9.91 Å². The fraction of sp³-hybridized carbons (Fsp3) is 0.929. The molecule has 0 aromatic carbocycles. The van der Waals surface area contributed by atoms with Crippen molar-refractivity contribution in [2.75, 3.05) is 32.2 Å². The Kier molecular flexibility index (Phi) is 7.95. The normalized spacial score (nSPS) is 34.5. The van der Waals surface area contributed by atoms with Crippen molar-refractivity contribution in [1.29, 1.82) is 0 Å². The maximum atomic E-state index is 12.7. The van der Waals surface area contributed by atoms with E-state index in [1.807, 2.05) is 0 Å². The Morgan fingerprint density at radius 2 is 1.96 bits per heavy atom. The molecule has 2 saturated heterocycles. The highest BCUT2D eigenvalue weighted by Crippen LogP contribution is 2.26. The van der Waals surface area contributed by atoms with E-state index in [0.29, 0.717) is 18.0 Å². The Bertz CT molecular complexity index is 479. The SMILES string of the molecule is O=NN(CCCl)C(=O)N(CC1CCCO1)C1O[C@H](CO)[C@H](O)[C@H](O)[C@H]1O. The second-order valence-electron chi connectivity index (χ2n) is 6.18. The summed E-state index contributed by atoms with van der Waals surface area (Å²) in [6, 6.07) is -0.888. The third-order valence-electron chi connectivity index (χ3n) is 4.46. The minimum absolute atomic E-state index is 0.0319. The van der Waals surface area contributed by atoms with Gasteiger partial charge in [-0.15, -0.1) is 16.5 Å². The molecule has 2 unspecified atom stereocenters. The summed E-state index contributed by atoms with van der Waals surface area (Å²) in [6.45, 7) is -0.321. The fourth-order valence-electron chi connectivity index (χ4n) is 3.04. The summed E-state index contributed by atoms with van der Waals surface area (Å²) in [5.41, 5.74) is 0. The van der Waals surface area contributed by atoms with Crippen LogP contribution in [0.2, 0.25) is 0 Å². The van der Waals surface area contributed by atoms with E-state index in [0.717, 1.165) is 11.3 Å². The van der Waals surface area contributed by atoms with E-state index >= 15 is 0 Å². The van der Waals surface area contributed by atoms with Gasteiger partial charge in [0.2, 0.25) is 0 Å². The number of urea groups is 1. The standard InChI is InChI=1S/C14H24ClN3O8/c15-3-4-18(16-24)14(23)17(6-8-2-1-5-25-8)13-12(22)11(21)10(20)9(7-19)26-13/h8-13,19-22H,1-7H2/t8?,9-,10+,11+,12-,13?/m1/s1. The van der Waals surface area contributed by atoms with E-state index in [1.54, 1.807) is 0 Å². The molecule has 150 valence electrons. The zero-order valence-corrected chi connectivity index (χ0v) is 14.8. The fourth-order valence-corrected chi connectivity index (χ4v) is 3.20. The zero-order chi connectivity index (χ0) is 19.3. The predicted octanol–water partition coefficient (Wildman–Crippen LogP) is -1.39. The number of carbonyl (C=O) groups is 1. The molecule has 2 fully saturated rings. The molecular weight excluding hydrogens is 374 g/mol. The van der Waals surface area contributed by atoms with E-state index in [4.69, 9.17) is 21.1 Å². The summed E-state index contributed by atoms with van der Waals surface area (Å²) in [6.07, 6.45) is -6.39. The summed E-state index contributed by atoms with van der Waals surface area (Å²) < 4.78 is 10.9. The van der Waals surface area contributed by atoms with E-state index in [-0.39, 0.29) is 25.1 Å². The van der Waals surface area contributed by atoms with Gasteiger partial charge in [-0.2, -0.15) is 5.01 Å². The summed E-state index contributed by atoms with van der Waals surface area (Å²) in [5, 5.41) is 42.7. The number of halogens is 1. The Hall–Kier alpha value is -1.08. The second kappa shape index (κ2) is 9.74. The van der Waals surface area contributed by atoms with Gasteiger partial charge in [0.15, 0.2) is 6.23 Å². The molecule has 0 aromatic rings. The van der Waals surface area contributed by atoms with Gasteiger partial charge in [-0.1, -0.05) is 0 Å². The molecular formula is C14H24ClN3O8. The van der Waals surface area contributed by atoms with Crippen LogP contribution in [0.3, 0.4) is 0 Å². The van der Waals surface area contributed by atoms with Crippen molar-refractivity contribution < 1.29 is 34.7 Å². The number of ether oxygens (including phenoxy) is 2. The number of nitrogens with zero attached hydrogens (tertiary/aromatic N) is 3. The second-order valence-corrected chi connectivity index (χ2v) is 6.56. The molecule has 2 aliphatic heterocycles. The van der Waals surface area contributed by atoms with Gasteiger partial charge in [0.25, 0.3) is 0 Å². The maximum absolute atomic E-state index is 12.7. The number of carbonyl (C=O) groups excluding carboxylic acids is 1. The van der Waals surface area contributed by atoms with E-state index in [2.05, 4.69) is 5.29 Å². The molecule has 0 radical (unpaired) electrons. The Morgan fingerprint density at radius 1 is 1.23 bits per heavy atom. The van der Waals surface area contributed by atoms with Crippen LogP contribution in [-0.2, 0) is 9.47 Å². The Balaban J connectivity index is 2.25. The molecule has 2 rings (SSSR count). The first-order chi connectivity index (χ1) is 12.4. The first-order valence-electron chi connectivity index (χ1n) is 8.34. The minimum Gasteiger partial charge on any atom is -0.394 e. The summed E-state index contributed by atoms with van der Waals surface area (Å²) in [7, 11) is 0. The highest BCUT2D eigenvalue weighted by atomic mass is 35.5. The van der Waals surface area contributed by atoms with Gasteiger partial charge in [-0.05, 0) is 12.8 Å². The number of rotatable bonds is 7. The van der Waals surface area contributed by atoms with Crippen LogP contribution in [0.5, 0.6) is 0 Å². The smallest absolute Gasteiger partial charge is 0.345 e. The third kappa shape index (κ3) is 4.60. The summed E-state index contributed by atoms with van der Waals surface area (Å²) in [5.74, 6) is -0.0417. The number of alkyl halides is 1. The minimum atomic E-state index is -1.66. The molecule has 0 aromatic heterocycles. The number of hydrogen-bond acceptors (Lipinski definition) is 9. The van der Waals surface area contributed by atoms with Crippen molar-refractivity contribution in [3.63, 3.8) is 0 Å². The lowest BCUT2D eigenvalue weighted by atomic mass is 9.97. The summed E-state index contributed by atoms with van der Waals surface area (Å²) >= 11 is 5.57. The number of aliphatic hydroxyl groups is 4. The molecule has 6 atom stereocenters. The molecule has 26 heavy (non-hydrogen) atoms. The predicted molar refractivity (Wildman–Crippen MR) is 88.1 cm³/mol. The van der Waals surface area contributed by atoms with Gasteiger partial charge in [-0.3, -0.25) is 4.90 Å². The molecule has 12 heteroatoms. The monoisotopic (exact) mass is 397 g/mol. The van der Waals surface area contributed by atoms with Crippen LogP contribution in [0, 0.1) is 4.91 Å². The molecule has 2 amide bonds. The van der Waals surface area contributed by atoms with Crippen molar-refractivity contribution in [2.24, 2.45) is 5.29 Å². The molecule has 0 bridgehead atoms. The van der Waals surface area contributed by atoms with Crippen LogP contribution in [-0.4, -0.2) is 105 Å². The van der Waals surface area contributed by atoms with Crippen LogP contribution < -0.4 is 0 Å². The molecule has 2 heterocycles. The van der Waals surface area contributed by atoms with Crippen LogP contribution in [0.25, 0.3) is 0 Å². The van der Waals surface area contributed by atoms with Gasteiger partial charge in [0.05, 0.1) is 31.1 Å². The number of amides is 2. The lowest BCUT2D eigenvalue weighted by Gasteiger charge is -2.45. The van der Waals surface area contributed by atoms with Crippen LogP contribution in [0.15, 0.2) is 5.29 Å². The van der Waals surface area contributed by atoms with Gasteiger partial charge in [-0.25, -0.2) is 4.79 Å². The average molecular weight is 398 g/mol. The third-order valence-corrected chi connectivity index (χ3v) is 4.63. The van der Waals surface area contributed by atoms with Gasteiger partial charge < -0.3 is 29.9 Å². The molecule has 11 nitrogen and oxygen atoms in total. The van der Waals surface area contributed by atoms with Gasteiger partial charge in [0, 0.05) is 12.5 Å². The van der Waals surface area contributed by atoms with E-state index in [9.17, 15) is 30.1 Å². The molecule has 0 saturated carbocycles. The first-order valence-corrected chi connectivity index (χ1v) is 8.87. The molecule has 0 spiro atoms. The van der Waals surface area contributed by atoms with Crippen LogP contribution in [0.4, 0.5) is 4.79 Å². The first kappa shape index (κ1) is 21.2. The van der Waals surface area contributed by atoms with Gasteiger partial charge >= 0.3 is 6.03 Å². The number of nitroso groups, excluding NO2 is 1. The van der Waals surface area contributed by atoms with Gasteiger partial charge in [0.1, 0.15) is 24.4 Å². The van der Waals surface area contributed by atoms with Crippen molar-refractivity contribution in [3.05, 3.63) is 4.91 Å². The van der Waals surface area contributed by atoms with E-state index < -0.39 is 43.3 Å². The highest BCUT2D eigenvalue weighted by molar-refractivity contribution is 6.18. The highest BCUT2D eigenvalue weighted by Gasteiger charge is 2.48. The number of hydrogen-bond donors (Lipinski definition) is 4. The average Bonchev–Trinajstić information content (AvgIpc) is 3.15. The summed E-state index contributed by atoms with van der Waals surface area (Å²) in [4.78, 5) is 24.7. The van der Waals surface area contributed by atoms with Crippen molar-refractivity contribution in [3.8, 4) is 0 Å². The number of aliphatic hydroxyl groups excluding tert-OH is 4. The lowest BCUT2D eigenvalue weighted by molar-refractivity contribution is -0.259. The van der Waals surface area contributed by atoms with Crippen molar-refractivity contribution >= 4 is 17.6 Å². The quantitative estimate of drug-likeness (QED) is 0.233. The van der Waals surface area contributed by atoms with Crippen LogP contribution in [0.1, 0.15) is 12.8 Å². The largest absolute Gasteiger partial charge is 0.394 e.